The largest absolute Gasteiger partial charge is 0.323 e. The molecule has 0 amide bonds. The molecule has 0 atom stereocenters. The Morgan fingerprint density at radius 2 is 1.95 bits per heavy atom. The molecule has 106 valence electrons. The normalized spacial score (nSPS) is 22.3. The third-order valence-electron chi connectivity index (χ3n) is 4.75. The molecule has 1 aromatic heterocycles. The van der Waals surface area contributed by atoms with E-state index in [0.29, 0.717) is 6.04 Å². The Bertz CT molecular complexity index is 651. The number of benzene rings is 1. The van der Waals surface area contributed by atoms with E-state index in [1.807, 2.05) is 0 Å². The van der Waals surface area contributed by atoms with Gasteiger partial charge in [-0.3, -0.25) is 0 Å². The van der Waals surface area contributed by atoms with Gasteiger partial charge in [0.05, 0.1) is 16.6 Å². The summed E-state index contributed by atoms with van der Waals surface area (Å²) < 4.78 is 15.8. The first-order chi connectivity index (χ1) is 9.67. The molecule has 1 heterocycles. The zero-order valence-electron chi connectivity index (χ0n) is 11.6. The van der Waals surface area contributed by atoms with Gasteiger partial charge in [-0.05, 0) is 43.9 Å². The standard InChI is InChI=1S/C16H20FN3/c17-11-4-7-13-14(10-11)20(12-5-6-12)15(19-13)16(18)8-2-1-3-9-16/h4,7,10,12H,1-3,5-6,8-9,18H2. The molecule has 3 nitrogen and oxygen atoms in total. The fourth-order valence-corrected chi connectivity index (χ4v) is 3.53. The molecule has 0 aliphatic heterocycles. The summed E-state index contributed by atoms with van der Waals surface area (Å²) in [4.78, 5) is 4.78. The highest BCUT2D eigenvalue weighted by molar-refractivity contribution is 5.76. The number of imidazole rings is 1. The molecule has 2 N–H and O–H groups in total. The van der Waals surface area contributed by atoms with Crippen molar-refractivity contribution in [3.63, 3.8) is 0 Å². The Labute approximate surface area is 118 Å². The minimum absolute atomic E-state index is 0.194. The van der Waals surface area contributed by atoms with E-state index in [0.717, 1.165) is 42.5 Å². The summed E-state index contributed by atoms with van der Waals surface area (Å²) in [7, 11) is 0. The molecular formula is C16H20FN3. The van der Waals surface area contributed by atoms with E-state index < -0.39 is 0 Å². The maximum absolute atomic E-state index is 13.6. The van der Waals surface area contributed by atoms with E-state index in [1.165, 1.54) is 25.3 Å². The van der Waals surface area contributed by atoms with Crippen LogP contribution in [0.1, 0.15) is 56.8 Å². The summed E-state index contributed by atoms with van der Waals surface area (Å²) in [6.07, 6.45) is 7.89. The van der Waals surface area contributed by atoms with Crippen LogP contribution < -0.4 is 5.73 Å². The Balaban J connectivity index is 1.91. The molecule has 2 aliphatic rings. The van der Waals surface area contributed by atoms with Crippen molar-refractivity contribution >= 4 is 11.0 Å². The van der Waals surface area contributed by atoms with Gasteiger partial charge in [0, 0.05) is 6.04 Å². The van der Waals surface area contributed by atoms with Crippen LogP contribution in [0.4, 0.5) is 4.39 Å². The predicted octanol–water partition coefficient (Wildman–Crippen LogP) is 3.63. The van der Waals surface area contributed by atoms with Crippen molar-refractivity contribution in [2.75, 3.05) is 0 Å². The lowest BCUT2D eigenvalue weighted by atomic mass is 9.82. The second-order valence-electron chi connectivity index (χ2n) is 6.39. The van der Waals surface area contributed by atoms with Gasteiger partial charge in [0.2, 0.25) is 0 Å². The van der Waals surface area contributed by atoms with Crippen molar-refractivity contribution in [2.45, 2.75) is 56.5 Å². The van der Waals surface area contributed by atoms with Crippen molar-refractivity contribution in [2.24, 2.45) is 5.73 Å². The molecule has 2 aliphatic carbocycles. The van der Waals surface area contributed by atoms with Crippen molar-refractivity contribution in [3.8, 4) is 0 Å². The van der Waals surface area contributed by atoms with Gasteiger partial charge in [-0.15, -0.1) is 0 Å². The van der Waals surface area contributed by atoms with Gasteiger partial charge in [0.1, 0.15) is 11.6 Å². The first-order valence-electron chi connectivity index (χ1n) is 7.64. The van der Waals surface area contributed by atoms with Gasteiger partial charge >= 0.3 is 0 Å². The highest BCUT2D eigenvalue weighted by Crippen LogP contribution is 2.43. The maximum Gasteiger partial charge on any atom is 0.130 e. The van der Waals surface area contributed by atoms with E-state index in [9.17, 15) is 4.39 Å². The van der Waals surface area contributed by atoms with Crippen LogP contribution in [-0.2, 0) is 5.54 Å². The number of nitrogens with two attached hydrogens (primary N) is 1. The molecule has 1 aromatic carbocycles. The van der Waals surface area contributed by atoms with Crippen LogP contribution in [0.5, 0.6) is 0 Å². The van der Waals surface area contributed by atoms with Gasteiger partial charge in [-0.2, -0.15) is 0 Å². The third kappa shape index (κ3) is 1.85. The zero-order chi connectivity index (χ0) is 13.7. The molecule has 2 fully saturated rings. The van der Waals surface area contributed by atoms with Gasteiger partial charge in [0.25, 0.3) is 0 Å². The van der Waals surface area contributed by atoms with Crippen molar-refractivity contribution in [1.82, 2.24) is 9.55 Å². The number of rotatable bonds is 2. The molecule has 4 heteroatoms. The van der Waals surface area contributed by atoms with Crippen LogP contribution in [0.25, 0.3) is 11.0 Å². The first-order valence-corrected chi connectivity index (χ1v) is 7.64. The Morgan fingerprint density at radius 3 is 2.65 bits per heavy atom. The molecule has 2 saturated carbocycles. The summed E-state index contributed by atoms with van der Waals surface area (Å²) in [6.45, 7) is 0. The Morgan fingerprint density at radius 1 is 1.20 bits per heavy atom. The van der Waals surface area contributed by atoms with Crippen LogP contribution >= 0.6 is 0 Å². The first kappa shape index (κ1) is 12.3. The SMILES string of the molecule is NC1(c2nc3ccc(F)cc3n2C2CC2)CCCCC1. The van der Waals surface area contributed by atoms with E-state index in [4.69, 9.17) is 10.7 Å². The van der Waals surface area contributed by atoms with Gasteiger partial charge < -0.3 is 10.3 Å². The number of hydrogen-bond donors (Lipinski definition) is 1. The number of halogens is 1. The lowest BCUT2D eigenvalue weighted by Gasteiger charge is -2.33. The highest BCUT2D eigenvalue weighted by atomic mass is 19.1. The molecule has 0 spiro atoms. The summed E-state index contributed by atoms with van der Waals surface area (Å²) in [5, 5.41) is 0. The minimum atomic E-state index is -0.323. The molecule has 0 saturated heterocycles. The summed E-state index contributed by atoms with van der Waals surface area (Å²) >= 11 is 0. The summed E-state index contributed by atoms with van der Waals surface area (Å²) in [5.41, 5.74) is 8.14. The molecule has 4 rings (SSSR count). The molecule has 2 aromatic rings. The number of aromatic nitrogens is 2. The lowest BCUT2D eigenvalue weighted by Crippen LogP contribution is -2.41. The average molecular weight is 273 g/mol. The number of nitrogens with zero attached hydrogens (tertiary/aromatic N) is 2. The third-order valence-corrected chi connectivity index (χ3v) is 4.75. The second-order valence-corrected chi connectivity index (χ2v) is 6.39. The molecule has 0 bridgehead atoms. The lowest BCUT2D eigenvalue weighted by molar-refractivity contribution is 0.279. The summed E-state index contributed by atoms with van der Waals surface area (Å²) in [5.74, 6) is 0.792. The predicted molar refractivity (Wildman–Crippen MR) is 76.9 cm³/mol. The van der Waals surface area contributed by atoms with Crippen molar-refractivity contribution < 1.29 is 4.39 Å². The average Bonchev–Trinajstić information content (AvgIpc) is 3.20. The number of hydrogen-bond acceptors (Lipinski definition) is 2. The van der Waals surface area contributed by atoms with Crippen LogP contribution in [0.2, 0.25) is 0 Å². The van der Waals surface area contributed by atoms with Crippen LogP contribution in [-0.4, -0.2) is 9.55 Å². The second kappa shape index (κ2) is 4.29. The highest BCUT2D eigenvalue weighted by Gasteiger charge is 2.38. The Hall–Kier alpha value is -1.42. The van der Waals surface area contributed by atoms with E-state index in [1.54, 1.807) is 12.1 Å². The molecule has 0 radical (unpaired) electrons. The monoisotopic (exact) mass is 273 g/mol. The van der Waals surface area contributed by atoms with E-state index in [2.05, 4.69) is 4.57 Å². The quantitative estimate of drug-likeness (QED) is 0.908. The van der Waals surface area contributed by atoms with Crippen LogP contribution in [0.15, 0.2) is 18.2 Å². The fourth-order valence-electron chi connectivity index (χ4n) is 3.53. The maximum atomic E-state index is 13.6. The summed E-state index contributed by atoms with van der Waals surface area (Å²) in [6, 6.07) is 5.34. The molecule has 0 unspecified atom stereocenters. The van der Waals surface area contributed by atoms with Crippen molar-refractivity contribution in [3.05, 3.63) is 29.8 Å². The smallest absolute Gasteiger partial charge is 0.130 e. The zero-order valence-corrected chi connectivity index (χ0v) is 11.6. The van der Waals surface area contributed by atoms with Crippen LogP contribution in [0, 0.1) is 5.82 Å². The topological polar surface area (TPSA) is 43.8 Å². The molecule has 20 heavy (non-hydrogen) atoms. The number of fused-ring (bicyclic) bond motifs is 1. The molecular weight excluding hydrogens is 253 g/mol. The van der Waals surface area contributed by atoms with E-state index in [-0.39, 0.29) is 11.4 Å². The van der Waals surface area contributed by atoms with Gasteiger partial charge in [-0.1, -0.05) is 19.3 Å². The van der Waals surface area contributed by atoms with Crippen molar-refractivity contribution in [1.29, 1.82) is 0 Å². The van der Waals surface area contributed by atoms with E-state index >= 15 is 0 Å². The van der Waals surface area contributed by atoms with Gasteiger partial charge in [-0.25, -0.2) is 9.37 Å². The minimum Gasteiger partial charge on any atom is -0.323 e. The van der Waals surface area contributed by atoms with Crippen LogP contribution in [0.3, 0.4) is 0 Å². The fraction of sp³-hybridized carbons (Fsp3) is 0.562. The van der Waals surface area contributed by atoms with Gasteiger partial charge in [0.15, 0.2) is 0 Å². The Kier molecular flexibility index (Phi) is 2.64.